The number of hydrogen-bond donors (Lipinski definition) is 0. The van der Waals surface area contributed by atoms with Gasteiger partial charge in [0.25, 0.3) is 0 Å². The molecule has 4 aromatic carbocycles. The van der Waals surface area contributed by atoms with E-state index < -0.39 is 0 Å². The van der Waals surface area contributed by atoms with E-state index in [9.17, 15) is 0 Å². The Morgan fingerprint density at radius 1 is 0.720 bits per heavy atom. The molecule has 0 N–H and O–H groups in total. The summed E-state index contributed by atoms with van der Waals surface area (Å²) >= 11 is 0. The van der Waals surface area contributed by atoms with E-state index >= 15 is 0 Å². The maximum absolute atomic E-state index is 4.63. The molecule has 0 aliphatic carbocycles. The molecular formula is C24H19N. The van der Waals surface area contributed by atoms with Crippen molar-refractivity contribution in [3.8, 4) is 11.1 Å². The summed E-state index contributed by atoms with van der Waals surface area (Å²) in [6.45, 7) is 5.88. The van der Waals surface area contributed by atoms with E-state index in [0.717, 1.165) is 16.8 Å². The molecule has 1 nitrogen and oxygen atoms in total. The minimum atomic E-state index is 0.973. The molecule has 0 heterocycles. The normalized spacial score (nSPS) is 11.4. The van der Waals surface area contributed by atoms with Gasteiger partial charge in [0.1, 0.15) is 0 Å². The fourth-order valence-electron chi connectivity index (χ4n) is 3.49. The summed E-state index contributed by atoms with van der Waals surface area (Å²) in [7, 11) is 0. The first-order valence-electron chi connectivity index (χ1n) is 8.48. The molecule has 4 rings (SSSR count). The quantitative estimate of drug-likeness (QED) is 0.284. The summed E-state index contributed by atoms with van der Waals surface area (Å²) in [4.78, 5) is 4.63. The summed E-state index contributed by atoms with van der Waals surface area (Å²) < 4.78 is 0. The highest BCUT2D eigenvalue weighted by molar-refractivity contribution is 6.12. The van der Waals surface area contributed by atoms with Crippen LogP contribution in [0.3, 0.4) is 0 Å². The highest BCUT2D eigenvalue weighted by atomic mass is 14.7. The summed E-state index contributed by atoms with van der Waals surface area (Å²) in [5, 5.41) is 5.06. The minimum Gasteiger partial charge on any atom is -0.260 e. The molecule has 0 spiro atoms. The van der Waals surface area contributed by atoms with Gasteiger partial charge in [-0.3, -0.25) is 4.99 Å². The molecule has 0 aliphatic heterocycles. The lowest BCUT2D eigenvalue weighted by Gasteiger charge is -2.13. The zero-order chi connectivity index (χ0) is 17.2. The maximum Gasteiger partial charge on any atom is 0.0776 e. The lowest BCUT2D eigenvalue weighted by molar-refractivity contribution is 1.50. The predicted molar refractivity (Wildman–Crippen MR) is 111 cm³/mol. The van der Waals surface area contributed by atoms with Crippen molar-refractivity contribution in [2.75, 3.05) is 0 Å². The van der Waals surface area contributed by atoms with Crippen molar-refractivity contribution in [3.63, 3.8) is 0 Å². The van der Waals surface area contributed by atoms with Gasteiger partial charge in [0.2, 0.25) is 0 Å². The van der Waals surface area contributed by atoms with Crippen molar-refractivity contribution in [2.24, 2.45) is 4.99 Å². The Kier molecular flexibility index (Phi) is 3.91. The highest BCUT2D eigenvalue weighted by Crippen LogP contribution is 2.39. The number of hydrogen-bond acceptors (Lipinski definition) is 1. The first-order chi connectivity index (χ1) is 12.3. The van der Waals surface area contributed by atoms with Crippen LogP contribution in [0.1, 0.15) is 12.5 Å². The Hall–Kier alpha value is -3.19. The van der Waals surface area contributed by atoms with Gasteiger partial charge < -0.3 is 0 Å². The van der Waals surface area contributed by atoms with Gasteiger partial charge in [-0.25, -0.2) is 0 Å². The Morgan fingerprint density at radius 3 is 2.32 bits per heavy atom. The van der Waals surface area contributed by atoms with Crippen LogP contribution in [0.2, 0.25) is 0 Å². The molecule has 0 aliphatic rings. The first kappa shape index (κ1) is 15.3. The average molecular weight is 321 g/mol. The van der Waals surface area contributed by atoms with Gasteiger partial charge in [0, 0.05) is 17.3 Å². The third-order valence-corrected chi connectivity index (χ3v) is 4.62. The third-order valence-electron chi connectivity index (χ3n) is 4.62. The third kappa shape index (κ3) is 2.54. The standard InChI is InChI=1S/C24H19N/c1-3-17-10-7-14-23(24(17)25-4-2)21-13-8-12-20-19-11-6-5-9-18(19)15-16-22(20)21/h3-16H,1H2,2H3. The minimum absolute atomic E-state index is 0.973. The van der Waals surface area contributed by atoms with Crippen molar-refractivity contribution in [1.82, 2.24) is 0 Å². The van der Waals surface area contributed by atoms with Gasteiger partial charge in [-0.15, -0.1) is 0 Å². The summed E-state index contributed by atoms with van der Waals surface area (Å²) in [5.41, 5.74) is 4.36. The van der Waals surface area contributed by atoms with Crippen molar-refractivity contribution >= 4 is 39.5 Å². The lowest BCUT2D eigenvalue weighted by atomic mass is 9.93. The van der Waals surface area contributed by atoms with Crippen LogP contribution in [-0.4, -0.2) is 6.21 Å². The van der Waals surface area contributed by atoms with Crippen molar-refractivity contribution in [3.05, 3.63) is 84.9 Å². The number of nitrogens with zero attached hydrogens (tertiary/aromatic N) is 1. The van der Waals surface area contributed by atoms with Gasteiger partial charge in [0.15, 0.2) is 0 Å². The number of rotatable bonds is 3. The van der Waals surface area contributed by atoms with Crippen molar-refractivity contribution in [2.45, 2.75) is 6.92 Å². The smallest absolute Gasteiger partial charge is 0.0776 e. The van der Waals surface area contributed by atoms with E-state index in [1.54, 1.807) is 0 Å². The maximum atomic E-state index is 4.63. The van der Waals surface area contributed by atoms with E-state index in [0.29, 0.717) is 0 Å². The van der Waals surface area contributed by atoms with E-state index in [1.807, 2.05) is 19.2 Å². The SMILES string of the molecule is C=Cc1cccc(-c2cccc3c2ccc2ccccc23)c1N=CC. The Bertz CT molecular complexity index is 1120. The number of aliphatic imine (C=N–C) groups is 1. The van der Waals surface area contributed by atoms with Gasteiger partial charge in [-0.1, -0.05) is 85.5 Å². The van der Waals surface area contributed by atoms with Gasteiger partial charge in [0.05, 0.1) is 5.69 Å². The average Bonchev–Trinajstić information content (AvgIpc) is 2.68. The van der Waals surface area contributed by atoms with Crippen LogP contribution in [0.15, 0.2) is 84.4 Å². The second-order valence-corrected chi connectivity index (χ2v) is 6.02. The second-order valence-electron chi connectivity index (χ2n) is 6.02. The monoisotopic (exact) mass is 321 g/mol. The lowest BCUT2D eigenvalue weighted by Crippen LogP contribution is -1.86. The molecule has 0 amide bonds. The van der Waals surface area contributed by atoms with E-state index in [2.05, 4.69) is 84.4 Å². The van der Waals surface area contributed by atoms with Crippen LogP contribution in [-0.2, 0) is 0 Å². The van der Waals surface area contributed by atoms with Crippen LogP contribution >= 0.6 is 0 Å². The van der Waals surface area contributed by atoms with Crippen molar-refractivity contribution in [1.29, 1.82) is 0 Å². The Labute approximate surface area is 148 Å². The van der Waals surface area contributed by atoms with Gasteiger partial charge in [-0.05, 0) is 34.0 Å². The fraction of sp³-hybridized carbons (Fsp3) is 0.0417. The molecule has 0 saturated carbocycles. The first-order valence-corrected chi connectivity index (χ1v) is 8.48. The fourth-order valence-corrected chi connectivity index (χ4v) is 3.49. The van der Waals surface area contributed by atoms with Gasteiger partial charge in [-0.2, -0.15) is 0 Å². The van der Waals surface area contributed by atoms with Crippen LogP contribution in [0, 0.1) is 0 Å². The number of benzene rings is 4. The molecule has 0 radical (unpaired) electrons. The predicted octanol–water partition coefficient (Wildman–Crippen LogP) is 7.03. The topological polar surface area (TPSA) is 12.4 Å². The van der Waals surface area contributed by atoms with Crippen LogP contribution in [0.25, 0.3) is 38.7 Å². The van der Waals surface area contributed by atoms with Crippen LogP contribution in [0.5, 0.6) is 0 Å². The van der Waals surface area contributed by atoms with Crippen molar-refractivity contribution < 1.29 is 0 Å². The molecule has 0 unspecified atom stereocenters. The molecule has 1 heteroatoms. The molecule has 25 heavy (non-hydrogen) atoms. The zero-order valence-electron chi connectivity index (χ0n) is 14.2. The molecule has 4 aromatic rings. The van der Waals surface area contributed by atoms with Crippen LogP contribution < -0.4 is 0 Å². The summed E-state index contributed by atoms with van der Waals surface area (Å²) in [6, 6.07) is 25.7. The molecule has 0 aromatic heterocycles. The summed E-state index contributed by atoms with van der Waals surface area (Å²) in [6.07, 6.45) is 3.71. The molecular weight excluding hydrogens is 302 g/mol. The molecule has 120 valence electrons. The zero-order valence-corrected chi connectivity index (χ0v) is 14.2. The highest BCUT2D eigenvalue weighted by Gasteiger charge is 2.11. The second kappa shape index (κ2) is 6.37. The summed E-state index contributed by atoms with van der Waals surface area (Å²) in [5.74, 6) is 0. The Morgan fingerprint density at radius 2 is 1.48 bits per heavy atom. The van der Waals surface area contributed by atoms with E-state index in [1.165, 1.54) is 27.1 Å². The number of fused-ring (bicyclic) bond motifs is 3. The van der Waals surface area contributed by atoms with E-state index in [-0.39, 0.29) is 0 Å². The van der Waals surface area contributed by atoms with E-state index in [4.69, 9.17) is 0 Å². The largest absolute Gasteiger partial charge is 0.260 e. The molecule has 0 bridgehead atoms. The molecule has 0 fully saturated rings. The molecule has 0 saturated heterocycles. The van der Waals surface area contributed by atoms with Crippen LogP contribution in [0.4, 0.5) is 5.69 Å². The number of para-hydroxylation sites is 1. The molecule has 0 atom stereocenters. The Balaban J connectivity index is 2.09. The van der Waals surface area contributed by atoms with Gasteiger partial charge >= 0.3 is 0 Å².